The highest BCUT2D eigenvalue weighted by atomic mass is 32.1. The van der Waals surface area contributed by atoms with Crippen LogP contribution in [0.1, 0.15) is 6.92 Å². The van der Waals surface area contributed by atoms with E-state index >= 15 is 0 Å². The molecule has 2 rings (SSSR count). The molecule has 5 nitrogen and oxygen atoms in total. The summed E-state index contributed by atoms with van der Waals surface area (Å²) in [7, 11) is 0. The van der Waals surface area contributed by atoms with E-state index in [2.05, 4.69) is 10.3 Å². The van der Waals surface area contributed by atoms with Gasteiger partial charge in [-0.05, 0) is 25.1 Å². The molecule has 102 valence electrons. The van der Waals surface area contributed by atoms with Gasteiger partial charge in [0.2, 0.25) is 0 Å². The second-order valence-electron chi connectivity index (χ2n) is 3.67. The molecule has 1 aromatic carbocycles. The maximum atomic E-state index is 13.0. The molecule has 0 aliphatic carbocycles. The van der Waals surface area contributed by atoms with Crippen molar-refractivity contribution >= 4 is 32.7 Å². The van der Waals surface area contributed by atoms with Crippen molar-refractivity contribution in [1.82, 2.24) is 4.98 Å². The molecule has 1 heterocycles. The third-order valence-electron chi connectivity index (χ3n) is 2.31. The molecule has 7 heteroatoms. The summed E-state index contributed by atoms with van der Waals surface area (Å²) in [6, 6.07) is 6.00. The molecule has 0 radical (unpaired) electrons. The molecule has 1 aromatic heterocycles. The van der Waals surface area contributed by atoms with E-state index < -0.39 is 5.97 Å². The number of hydrogen-bond donors (Lipinski definition) is 1. The van der Waals surface area contributed by atoms with Crippen LogP contribution in [0.25, 0.3) is 10.2 Å². The Morgan fingerprint density at radius 2 is 2.45 bits per heavy atom. The largest absolute Gasteiger partial charge is 0.462 e. The van der Waals surface area contributed by atoms with Crippen LogP contribution in [0.5, 0.6) is 0 Å². The lowest BCUT2D eigenvalue weighted by molar-refractivity contribution is -0.138. The van der Waals surface area contributed by atoms with E-state index in [9.17, 15) is 9.18 Å². The van der Waals surface area contributed by atoms with Crippen molar-refractivity contribution in [3.63, 3.8) is 0 Å². The number of rotatable bonds is 4. The van der Waals surface area contributed by atoms with Crippen molar-refractivity contribution in [3.8, 4) is 6.07 Å². The Hall–Kier alpha value is -2.46. The fraction of sp³-hybridized carbons (Fsp3) is 0.154. The first kappa shape index (κ1) is 14.0. The van der Waals surface area contributed by atoms with Crippen molar-refractivity contribution in [2.45, 2.75) is 6.92 Å². The number of ether oxygens (including phenoxy) is 1. The van der Waals surface area contributed by atoms with Gasteiger partial charge in [-0.2, -0.15) is 5.26 Å². The number of aromatic nitrogens is 1. The van der Waals surface area contributed by atoms with Crippen LogP contribution in [0.15, 0.2) is 30.0 Å². The average molecular weight is 291 g/mol. The molecule has 0 atom stereocenters. The third-order valence-corrected chi connectivity index (χ3v) is 3.26. The maximum absolute atomic E-state index is 13.0. The number of thiazole rings is 1. The summed E-state index contributed by atoms with van der Waals surface area (Å²) in [6.07, 6.45) is 1.23. The smallest absolute Gasteiger partial charge is 0.350 e. The lowest BCUT2D eigenvalue weighted by atomic mass is 10.3. The molecule has 0 unspecified atom stereocenters. The standard InChI is InChI=1S/C13H10FN3O2S/c1-2-19-12(18)8(6-15)7-16-13-17-10-4-3-9(14)5-11(10)20-13/h3-5,7H,2H2,1H3,(H,16,17). The van der Waals surface area contributed by atoms with Crippen molar-refractivity contribution in [2.75, 3.05) is 11.9 Å². The molecule has 0 aliphatic heterocycles. The summed E-state index contributed by atoms with van der Waals surface area (Å²) in [6.45, 7) is 1.85. The van der Waals surface area contributed by atoms with Gasteiger partial charge in [0.15, 0.2) is 10.7 Å². The number of fused-ring (bicyclic) bond motifs is 1. The molecule has 0 aliphatic rings. The fourth-order valence-corrected chi connectivity index (χ4v) is 2.30. The highest BCUT2D eigenvalue weighted by molar-refractivity contribution is 7.22. The Kier molecular flexibility index (Phi) is 4.27. The summed E-state index contributed by atoms with van der Waals surface area (Å²) in [5, 5.41) is 12.1. The van der Waals surface area contributed by atoms with Crippen LogP contribution < -0.4 is 5.32 Å². The number of esters is 1. The van der Waals surface area contributed by atoms with Gasteiger partial charge < -0.3 is 10.1 Å². The molecule has 1 N–H and O–H groups in total. The minimum atomic E-state index is -0.699. The summed E-state index contributed by atoms with van der Waals surface area (Å²) < 4.78 is 18.4. The molecule has 0 saturated heterocycles. The zero-order chi connectivity index (χ0) is 14.5. The summed E-state index contributed by atoms with van der Waals surface area (Å²) in [4.78, 5) is 15.6. The van der Waals surface area contributed by atoms with Crippen molar-refractivity contribution in [3.05, 3.63) is 35.8 Å². The molecular formula is C13H10FN3O2S. The van der Waals surface area contributed by atoms with E-state index in [0.29, 0.717) is 15.3 Å². The summed E-state index contributed by atoms with van der Waals surface area (Å²) >= 11 is 1.22. The van der Waals surface area contributed by atoms with E-state index in [1.807, 2.05) is 0 Å². The first-order chi connectivity index (χ1) is 9.63. The van der Waals surface area contributed by atoms with Gasteiger partial charge in [-0.25, -0.2) is 14.2 Å². The lowest BCUT2D eigenvalue weighted by Gasteiger charge is -1.99. The van der Waals surface area contributed by atoms with Gasteiger partial charge in [0.05, 0.1) is 16.8 Å². The van der Waals surface area contributed by atoms with Gasteiger partial charge in [0.25, 0.3) is 0 Å². The van der Waals surface area contributed by atoms with Gasteiger partial charge in [-0.1, -0.05) is 11.3 Å². The molecular weight excluding hydrogens is 281 g/mol. The van der Waals surface area contributed by atoms with E-state index in [1.54, 1.807) is 19.1 Å². The zero-order valence-electron chi connectivity index (χ0n) is 10.5. The number of hydrogen-bond acceptors (Lipinski definition) is 6. The Morgan fingerprint density at radius 1 is 1.65 bits per heavy atom. The Balaban J connectivity index is 2.19. The van der Waals surface area contributed by atoms with E-state index in [-0.39, 0.29) is 18.0 Å². The van der Waals surface area contributed by atoms with Crippen LogP contribution in [-0.2, 0) is 9.53 Å². The monoisotopic (exact) mass is 291 g/mol. The van der Waals surface area contributed by atoms with Crippen LogP contribution in [0.2, 0.25) is 0 Å². The predicted octanol–water partition coefficient (Wildman–Crippen LogP) is 2.82. The maximum Gasteiger partial charge on any atom is 0.350 e. The first-order valence-corrected chi connectivity index (χ1v) is 6.55. The zero-order valence-corrected chi connectivity index (χ0v) is 11.3. The Morgan fingerprint density at radius 3 is 3.15 bits per heavy atom. The second-order valence-corrected chi connectivity index (χ2v) is 4.70. The normalized spacial score (nSPS) is 11.2. The lowest BCUT2D eigenvalue weighted by Crippen LogP contribution is -2.07. The number of nitrogens with one attached hydrogen (secondary N) is 1. The summed E-state index contributed by atoms with van der Waals surface area (Å²) in [5.74, 6) is -1.04. The number of nitriles is 1. The molecule has 0 spiro atoms. The fourth-order valence-electron chi connectivity index (χ4n) is 1.44. The van der Waals surface area contributed by atoms with Gasteiger partial charge in [-0.3, -0.25) is 0 Å². The number of carbonyl (C=O) groups excluding carboxylic acids is 1. The number of nitrogens with zero attached hydrogens (tertiary/aromatic N) is 2. The highest BCUT2D eigenvalue weighted by Crippen LogP contribution is 2.26. The van der Waals surface area contributed by atoms with Gasteiger partial charge in [-0.15, -0.1) is 0 Å². The van der Waals surface area contributed by atoms with E-state index in [4.69, 9.17) is 10.00 Å². The number of benzene rings is 1. The minimum absolute atomic E-state index is 0.155. The van der Waals surface area contributed by atoms with Gasteiger partial charge in [0, 0.05) is 6.20 Å². The quantitative estimate of drug-likeness (QED) is 0.532. The van der Waals surface area contributed by atoms with Gasteiger partial charge in [0.1, 0.15) is 11.9 Å². The number of carbonyl (C=O) groups is 1. The third kappa shape index (κ3) is 3.10. The van der Waals surface area contributed by atoms with Crippen LogP contribution in [0.4, 0.5) is 9.52 Å². The van der Waals surface area contributed by atoms with Gasteiger partial charge >= 0.3 is 5.97 Å². The van der Waals surface area contributed by atoms with Crippen LogP contribution in [0, 0.1) is 17.1 Å². The highest BCUT2D eigenvalue weighted by Gasteiger charge is 2.10. The number of halogens is 1. The van der Waals surface area contributed by atoms with E-state index in [1.165, 1.54) is 29.7 Å². The van der Waals surface area contributed by atoms with Crippen molar-refractivity contribution in [1.29, 1.82) is 5.26 Å². The van der Waals surface area contributed by atoms with Crippen molar-refractivity contribution < 1.29 is 13.9 Å². The minimum Gasteiger partial charge on any atom is -0.462 e. The van der Waals surface area contributed by atoms with Crippen LogP contribution in [0.3, 0.4) is 0 Å². The molecule has 0 saturated carbocycles. The van der Waals surface area contributed by atoms with E-state index in [0.717, 1.165) is 0 Å². The van der Waals surface area contributed by atoms with Crippen molar-refractivity contribution in [2.24, 2.45) is 0 Å². The Bertz CT molecular complexity index is 718. The first-order valence-electron chi connectivity index (χ1n) is 5.74. The molecule has 0 fully saturated rings. The van der Waals surface area contributed by atoms with Crippen LogP contribution >= 0.6 is 11.3 Å². The topological polar surface area (TPSA) is 75.0 Å². The number of anilines is 1. The van der Waals surface area contributed by atoms with Crippen LogP contribution in [-0.4, -0.2) is 17.6 Å². The predicted molar refractivity (Wildman–Crippen MR) is 73.5 cm³/mol. The second kappa shape index (κ2) is 6.12. The average Bonchev–Trinajstić information content (AvgIpc) is 2.81. The molecule has 20 heavy (non-hydrogen) atoms. The summed E-state index contributed by atoms with van der Waals surface area (Å²) in [5.41, 5.74) is 0.485. The Labute approximate surface area is 118 Å². The molecule has 0 bridgehead atoms. The SMILES string of the molecule is CCOC(=O)C(C#N)=CNc1nc2ccc(F)cc2s1. The molecule has 0 amide bonds. The molecule has 2 aromatic rings.